The summed E-state index contributed by atoms with van der Waals surface area (Å²) in [5, 5.41) is 0. The number of allylic oxidation sites excluding steroid dienone is 5. The number of ether oxygens (including phenoxy) is 1. The van der Waals surface area contributed by atoms with E-state index in [0.29, 0.717) is 0 Å². The highest BCUT2D eigenvalue weighted by atomic mass is 16.6. The maximum absolute atomic E-state index is 11.6. The maximum atomic E-state index is 11.6. The first-order valence-electron chi connectivity index (χ1n) is 6.23. The van der Waals surface area contributed by atoms with E-state index in [9.17, 15) is 4.79 Å². The summed E-state index contributed by atoms with van der Waals surface area (Å²) in [5.74, 6) is -0.340. The lowest BCUT2D eigenvalue weighted by atomic mass is 9.99. The molecule has 0 aromatic heterocycles. The quantitative estimate of drug-likeness (QED) is 0.290. The Morgan fingerprint density at radius 2 is 2.00 bits per heavy atom. The SMILES string of the molecule is C=CC(C)(CCC=C(C)C)OC(=O)C=CC=CC. The molecule has 0 spiro atoms. The van der Waals surface area contributed by atoms with Gasteiger partial charge in [0, 0.05) is 6.08 Å². The van der Waals surface area contributed by atoms with Crippen molar-refractivity contribution in [1.29, 1.82) is 0 Å². The van der Waals surface area contributed by atoms with Crippen molar-refractivity contribution >= 4 is 5.97 Å². The zero-order valence-corrected chi connectivity index (χ0v) is 11.9. The molecule has 0 aliphatic heterocycles. The highest BCUT2D eigenvalue weighted by Crippen LogP contribution is 2.20. The first-order chi connectivity index (χ1) is 8.43. The molecule has 0 radical (unpaired) electrons. The Morgan fingerprint density at radius 3 is 2.50 bits per heavy atom. The molecule has 0 bridgehead atoms. The summed E-state index contributed by atoms with van der Waals surface area (Å²) < 4.78 is 5.41. The van der Waals surface area contributed by atoms with Crippen molar-refractivity contribution in [3.8, 4) is 0 Å². The van der Waals surface area contributed by atoms with Gasteiger partial charge in [0.2, 0.25) is 0 Å². The molecule has 100 valence electrons. The van der Waals surface area contributed by atoms with Crippen molar-refractivity contribution in [2.75, 3.05) is 0 Å². The fraction of sp³-hybridized carbons (Fsp3) is 0.438. The summed E-state index contributed by atoms with van der Waals surface area (Å²) in [6.07, 6.45) is 12.2. The lowest BCUT2D eigenvalue weighted by Gasteiger charge is -2.24. The molecule has 0 amide bonds. The minimum absolute atomic E-state index is 0.340. The van der Waals surface area contributed by atoms with Crippen LogP contribution in [0.3, 0.4) is 0 Å². The molecule has 1 unspecified atom stereocenters. The van der Waals surface area contributed by atoms with Crippen molar-refractivity contribution in [3.05, 3.63) is 48.6 Å². The molecule has 0 saturated carbocycles. The van der Waals surface area contributed by atoms with Crippen molar-refractivity contribution in [3.63, 3.8) is 0 Å². The molecule has 1 atom stereocenters. The summed E-state index contributed by atoms with van der Waals surface area (Å²) in [6, 6.07) is 0. The molecule has 0 fully saturated rings. The lowest BCUT2D eigenvalue weighted by molar-refractivity contribution is -0.147. The Morgan fingerprint density at radius 1 is 1.33 bits per heavy atom. The maximum Gasteiger partial charge on any atom is 0.331 e. The van der Waals surface area contributed by atoms with E-state index in [4.69, 9.17) is 4.74 Å². The van der Waals surface area contributed by atoms with Gasteiger partial charge >= 0.3 is 5.97 Å². The minimum atomic E-state index is -0.608. The van der Waals surface area contributed by atoms with E-state index in [1.54, 1.807) is 18.2 Å². The molecule has 2 heteroatoms. The van der Waals surface area contributed by atoms with Crippen molar-refractivity contribution in [2.45, 2.75) is 46.1 Å². The summed E-state index contributed by atoms with van der Waals surface area (Å²) in [6.45, 7) is 11.6. The van der Waals surface area contributed by atoms with Crippen LogP contribution in [0.1, 0.15) is 40.5 Å². The molecule has 0 saturated heterocycles. The number of hydrogen-bond donors (Lipinski definition) is 0. The van der Waals surface area contributed by atoms with Crippen LogP contribution >= 0.6 is 0 Å². The predicted molar refractivity (Wildman–Crippen MR) is 77.3 cm³/mol. The van der Waals surface area contributed by atoms with Gasteiger partial charge in [0.25, 0.3) is 0 Å². The molecule has 0 aliphatic rings. The summed E-state index contributed by atoms with van der Waals surface area (Å²) in [5.41, 5.74) is 0.657. The van der Waals surface area contributed by atoms with E-state index in [1.807, 2.05) is 19.9 Å². The van der Waals surface area contributed by atoms with Crippen LogP contribution in [0.2, 0.25) is 0 Å². The first kappa shape index (κ1) is 16.4. The number of carbonyl (C=O) groups is 1. The topological polar surface area (TPSA) is 26.3 Å². The van der Waals surface area contributed by atoms with Gasteiger partial charge in [-0.3, -0.25) is 0 Å². The average Bonchev–Trinajstić information content (AvgIpc) is 2.28. The number of rotatable bonds is 7. The van der Waals surface area contributed by atoms with E-state index >= 15 is 0 Å². The van der Waals surface area contributed by atoms with Crippen LogP contribution in [0.15, 0.2) is 48.6 Å². The molecule has 0 N–H and O–H groups in total. The molecular weight excluding hydrogens is 224 g/mol. The summed E-state index contributed by atoms with van der Waals surface area (Å²) in [7, 11) is 0. The van der Waals surface area contributed by atoms with Crippen LogP contribution in [0.25, 0.3) is 0 Å². The second-order valence-corrected chi connectivity index (χ2v) is 4.64. The Kier molecular flexibility index (Phi) is 7.77. The lowest BCUT2D eigenvalue weighted by Crippen LogP contribution is -2.28. The van der Waals surface area contributed by atoms with Crippen molar-refractivity contribution < 1.29 is 9.53 Å². The number of esters is 1. The normalized spacial score (nSPS) is 14.4. The van der Waals surface area contributed by atoms with Crippen LogP contribution in [0, 0.1) is 0 Å². The Balaban J connectivity index is 4.42. The van der Waals surface area contributed by atoms with Crippen molar-refractivity contribution in [2.24, 2.45) is 0 Å². The van der Waals surface area contributed by atoms with E-state index < -0.39 is 5.60 Å². The second kappa shape index (κ2) is 8.51. The standard InChI is InChI=1S/C16H24O2/c1-6-8-9-12-15(17)18-16(5,7-2)13-10-11-14(3)4/h6-9,11-12H,2,10,13H2,1,3-5H3. The summed E-state index contributed by atoms with van der Waals surface area (Å²) >= 11 is 0. The molecule has 0 rings (SSSR count). The monoisotopic (exact) mass is 248 g/mol. The van der Waals surface area contributed by atoms with Gasteiger partial charge in [-0.1, -0.05) is 36.5 Å². The molecule has 0 aromatic carbocycles. The van der Waals surface area contributed by atoms with Crippen LogP contribution in [0.4, 0.5) is 0 Å². The van der Waals surface area contributed by atoms with Gasteiger partial charge in [0.15, 0.2) is 0 Å². The molecule has 0 heterocycles. The third-order valence-electron chi connectivity index (χ3n) is 2.49. The van der Waals surface area contributed by atoms with Crippen molar-refractivity contribution in [1.82, 2.24) is 0 Å². The van der Waals surface area contributed by atoms with Crippen LogP contribution in [0.5, 0.6) is 0 Å². The number of carbonyl (C=O) groups excluding carboxylic acids is 1. The van der Waals surface area contributed by atoms with Gasteiger partial charge in [-0.15, -0.1) is 0 Å². The smallest absolute Gasteiger partial charge is 0.331 e. The fourth-order valence-corrected chi connectivity index (χ4v) is 1.35. The van der Waals surface area contributed by atoms with E-state index in [1.165, 1.54) is 11.6 Å². The number of hydrogen-bond acceptors (Lipinski definition) is 2. The highest BCUT2D eigenvalue weighted by Gasteiger charge is 2.23. The zero-order valence-electron chi connectivity index (χ0n) is 11.9. The van der Waals surface area contributed by atoms with E-state index in [2.05, 4.69) is 26.5 Å². The molecule has 0 aromatic rings. The van der Waals surface area contributed by atoms with Gasteiger partial charge in [-0.25, -0.2) is 4.79 Å². The molecule has 18 heavy (non-hydrogen) atoms. The summed E-state index contributed by atoms with van der Waals surface area (Å²) in [4.78, 5) is 11.6. The fourth-order valence-electron chi connectivity index (χ4n) is 1.35. The van der Waals surface area contributed by atoms with E-state index in [-0.39, 0.29) is 5.97 Å². The van der Waals surface area contributed by atoms with Crippen LogP contribution in [-0.4, -0.2) is 11.6 Å². The van der Waals surface area contributed by atoms with Gasteiger partial charge in [0.1, 0.15) is 5.60 Å². The van der Waals surface area contributed by atoms with Gasteiger partial charge in [-0.05, 0) is 46.6 Å². The van der Waals surface area contributed by atoms with Crippen LogP contribution < -0.4 is 0 Å². The molecular formula is C16H24O2. The van der Waals surface area contributed by atoms with Crippen LogP contribution in [-0.2, 0) is 9.53 Å². The molecule has 0 aliphatic carbocycles. The van der Waals surface area contributed by atoms with E-state index in [0.717, 1.165) is 12.8 Å². The third kappa shape index (κ3) is 7.66. The first-order valence-corrected chi connectivity index (χ1v) is 6.23. The average molecular weight is 248 g/mol. The highest BCUT2D eigenvalue weighted by molar-refractivity contribution is 5.82. The Labute approximate surface area is 111 Å². The molecule has 2 nitrogen and oxygen atoms in total. The Bertz CT molecular complexity index is 357. The zero-order chi connectivity index (χ0) is 14.0. The Hall–Kier alpha value is -1.57. The predicted octanol–water partition coefficient (Wildman–Crippen LogP) is 4.35. The third-order valence-corrected chi connectivity index (χ3v) is 2.49. The minimum Gasteiger partial charge on any atom is -0.452 e. The van der Waals surface area contributed by atoms with Gasteiger partial charge in [-0.2, -0.15) is 0 Å². The van der Waals surface area contributed by atoms with Gasteiger partial charge in [0.05, 0.1) is 0 Å². The largest absolute Gasteiger partial charge is 0.452 e. The van der Waals surface area contributed by atoms with Gasteiger partial charge < -0.3 is 4.74 Å². The second-order valence-electron chi connectivity index (χ2n) is 4.64.